The molecule has 8 heteroatoms. The van der Waals surface area contributed by atoms with Crippen LogP contribution < -0.4 is 0 Å². The van der Waals surface area contributed by atoms with E-state index in [0.29, 0.717) is 24.3 Å². The van der Waals surface area contributed by atoms with E-state index in [-0.39, 0.29) is 0 Å². The van der Waals surface area contributed by atoms with Gasteiger partial charge in [0, 0.05) is 12.2 Å². The van der Waals surface area contributed by atoms with E-state index in [0.717, 1.165) is 25.2 Å². The van der Waals surface area contributed by atoms with E-state index < -0.39 is 0 Å². The Morgan fingerprint density at radius 2 is 2.25 bits per heavy atom. The summed E-state index contributed by atoms with van der Waals surface area (Å²) in [6.45, 7) is 2.51. The maximum Gasteiger partial charge on any atom is 0.241 e. The van der Waals surface area contributed by atoms with Gasteiger partial charge in [-0.05, 0) is 31.5 Å². The molecular weight excluding hydrogens is 306 g/mol. The molecular formula is C16H19N7O. The Bertz CT molecular complexity index is 756. The van der Waals surface area contributed by atoms with Crippen molar-refractivity contribution in [1.29, 1.82) is 0 Å². The lowest BCUT2D eigenvalue weighted by atomic mass is 10.0. The topological polar surface area (TPSA) is 85.8 Å². The van der Waals surface area contributed by atoms with Crippen molar-refractivity contribution >= 4 is 0 Å². The molecule has 0 amide bonds. The van der Waals surface area contributed by atoms with Gasteiger partial charge in [0.05, 0.1) is 13.1 Å². The summed E-state index contributed by atoms with van der Waals surface area (Å²) in [6, 6.07) is 6.07. The maximum atomic E-state index is 5.43. The van der Waals surface area contributed by atoms with Crippen LogP contribution in [0.25, 0.3) is 11.5 Å². The van der Waals surface area contributed by atoms with Gasteiger partial charge in [-0.3, -0.25) is 14.6 Å². The fourth-order valence-electron chi connectivity index (χ4n) is 3.11. The molecule has 0 aromatic carbocycles. The highest BCUT2D eigenvalue weighted by molar-refractivity contribution is 5.46. The van der Waals surface area contributed by atoms with Crippen molar-refractivity contribution in [3.63, 3.8) is 0 Å². The summed E-state index contributed by atoms with van der Waals surface area (Å²) in [5.74, 6) is 1.16. The van der Waals surface area contributed by atoms with Crippen LogP contribution in [0.4, 0.5) is 0 Å². The Labute approximate surface area is 139 Å². The van der Waals surface area contributed by atoms with Crippen molar-refractivity contribution in [2.75, 3.05) is 6.54 Å². The first-order chi connectivity index (χ1) is 11.9. The molecule has 0 bridgehead atoms. The van der Waals surface area contributed by atoms with Crippen molar-refractivity contribution in [2.24, 2.45) is 0 Å². The minimum absolute atomic E-state index is 0.408. The summed E-state index contributed by atoms with van der Waals surface area (Å²) < 4.78 is 7.31. The second-order valence-electron chi connectivity index (χ2n) is 5.96. The van der Waals surface area contributed by atoms with E-state index in [1.54, 1.807) is 18.9 Å². The number of rotatable bonds is 5. The van der Waals surface area contributed by atoms with E-state index in [9.17, 15) is 0 Å². The second-order valence-corrected chi connectivity index (χ2v) is 5.96. The van der Waals surface area contributed by atoms with Gasteiger partial charge in [-0.25, -0.2) is 4.98 Å². The molecule has 0 unspecified atom stereocenters. The van der Waals surface area contributed by atoms with Crippen molar-refractivity contribution in [3.05, 3.63) is 42.9 Å². The minimum atomic E-state index is 0.408. The maximum absolute atomic E-state index is 5.43. The van der Waals surface area contributed by atoms with Crippen molar-refractivity contribution in [2.45, 2.75) is 38.4 Å². The normalized spacial score (nSPS) is 18.8. The highest BCUT2D eigenvalue weighted by Crippen LogP contribution is 2.21. The highest BCUT2D eigenvalue weighted by atomic mass is 16.5. The summed E-state index contributed by atoms with van der Waals surface area (Å²) in [6.07, 6.45) is 8.63. The number of hydrogen-bond donors (Lipinski definition) is 0. The average molecular weight is 325 g/mol. The Morgan fingerprint density at radius 3 is 3.08 bits per heavy atom. The zero-order chi connectivity index (χ0) is 16.2. The second kappa shape index (κ2) is 6.88. The third-order valence-electron chi connectivity index (χ3n) is 4.31. The van der Waals surface area contributed by atoms with Gasteiger partial charge in [-0.2, -0.15) is 10.1 Å². The predicted molar refractivity (Wildman–Crippen MR) is 85.6 cm³/mol. The molecule has 3 aromatic rings. The lowest BCUT2D eigenvalue weighted by Crippen LogP contribution is -2.41. The molecule has 1 fully saturated rings. The van der Waals surface area contributed by atoms with Crippen LogP contribution in [0.1, 0.15) is 25.2 Å². The average Bonchev–Trinajstić information content (AvgIpc) is 3.29. The standard InChI is InChI=1S/C16H19N7O/c1-3-7-18-14(6-1)16-20-15(24-21-16)10-22-8-4-2-5-13(22)9-23-12-17-11-19-23/h1,3,6-7,11-13H,2,4-5,8-10H2/t13-/m1/s1. The fraction of sp³-hybridized carbons (Fsp3) is 0.438. The molecule has 8 nitrogen and oxygen atoms in total. The minimum Gasteiger partial charge on any atom is -0.337 e. The smallest absolute Gasteiger partial charge is 0.241 e. The van der Waals surface area contributed by atoms with Crippen molar-refractivity contribution in [1.82, 2.24) is 34.8 Å². The monoisotopic (exact) mass is 325 g/mol. The molecule has 1 atom stereocenters. The zero-order valence-electron chi connectivity index (χ0n) is 13.3. The molecule has 0 saturated carbocycles. The van der Waals surface area contributed by atoms with Gasteiger partial charge in [-0.15, -0.1) is 0 Å². The number of hydrogen-bond acceptors (Lipinski definition) is 7. The molecule has 1 saturated heterocycles. The third kappa shape index (κ3) is 3.33. The van der Waals surface area contributed by atoms with Crippen LogP contribution >= 0.6 is 0 Å². The quantitative estimate of drug-likeness (QED) is 0.706. The summed E-state index contributed by atoms with van der Waals surface area (Å²) in [4.78, 5) is 15.2. The van der Waals surface area contributed by atoms with Crippen LogP contribution in [0.3, 0.4) is 0 Å². The van der Waals surface area contributed by atoms with Crippen molar-refractivity contribution in [3.8, 4) is 11.5 Å². The van der Waals surface area contributed by atoms with Gasteiger partial charge in [0.15, 0.2) is 0 Å². The van der Waals surface area contributed by atoms with Crippen molar-refractivity contribution < 1.29 is 4.52 Å². The lowest BCUT2D eigenvalue weighted by Gasteiger charge is -2.34. The Balaban J connectivity index is 1.46. The summed E-state index contributed by atoms with van der Waals surface area (Å²) in [5, 5.41) is 8.26. The van der Waals surface area contributed by atoms with Gasteiger partial charge in [-0.1, -0.05) is 17.6 Å². The molecule has 4 heterocycles. The Hall–Kier alpha value is -2.61. The lowest BCUT2D eigenvalue weighted by molar-refractivity contribution is 0.108. The number of pyridine rings is 1. The van der Waals surface area contributed by atoms with E-state index in [1.807, 2.05) is 22.9 Å². The molecule has 124 valence electrons. The summed E-state index contributed by atoms with van der Waals surface area (Å²) >= 11 is 0. The zero-order valence-corrected chi connectivity index (χ0v) is 13.3. The van der Waals surface area contributed by atoms with Crippen LogP contribution in [0.5, 0.6) is 0 Å². The van der Waals surface area contributed by atoms with E-state index in [4.69, 9.17) is 4.52 Å². The Kier molecular flexibility index (Phi) is 4.28. The van der Waals surface area contributed by atoms with Gasteiger partial charge >= 0.3 is 0 Å². The number of likely N-dealkylation sites (tertiary alicyclic amines) is 1. The molecule has 0 radical (unpaired) electrons. The molecule has 1 aliphatic heterocycles. The van der Waals surface area contributed by atoms with E-state index >= 15 is 0 Å². The fourth-order valence-corrected chi connectivity index (χ4v) is 3.11. The largest absolute Gasteiger partial charge is 0.337 e. The molecule has 24 heavy (non-hydrogen) atoms. The molecule has 0 N–H and O–H groups in total. The first-order valence-corrected chi connectivity index (χ1v) is 8.19. The predicted octanol–water partition coefficient (Wildman–Crippen LogP) is 1.78. The van der Waals surface area contributed by atoms with Crippen LogP contribution in [0, 0.1) is 0 Å². The first kappa shape index (κ1) is 14.9. The van der Waals surface area contributed by atoms with Crippen LogP contribution in [0.15, 0.2) is 41.6 Å². The molecule has 4 rings (SSSR count). The summed E-state index contributed by atoms with van der Waals surface area (Å²) in [7, 11) is 0. The molecule has 1 aliphatic rings. The first-order valence-electron chi connectivity index (χ1n) is 8.19. The van der Waals surface area contributed by atoms with E-state index in [2.05, 4.69) is 30.1 Å². The number of nitrogens with zero attached hydrogens (tertiary/aromatic N) is 7. The molecule has 3 aromatic heterocycles. The van der Waals surface area contributed by atoms with Gasteiger partial charge in [0.25, 0.3) is 0 Å². The van der Waals surface area contributed by atoms with Gasteiger partial charge in [0.2, 0.25) is 11.7 Å². The van der Waals surface area contributed by atoms with Crippen LogP contribution in [-0.2, 0) is 13.1 Å². The van der Waals surface area contributed by atoms with Crippen LogP contribution in [0.2, 0.25) is 0 Å². The van der Waals surface area contributed by atoms with E-state index in [1.165, 1.54) is 12.8 Å². The summed E-state index contributed by atoms with van der Waals surface area (Å²) in [5.41, 5.74) is 0.727. The third-order valence-corrected chi connectivity index (χ3v) is 4.31. The Morgan fingerprint density at radius 1 is 1.25 bits per heavy atom. The molecule has 0 spiro atoms. The number of piperidine rings is 1. The highest BCUT2D eigenvalue weighted by Gasteiger charge is 2.25. The SMILES string of the molecule is c1ccc(-c2noc(CN3CCCC[C@@H]3Cn3cncn3)n2)nc1. The van der Waals surface area contributed by atoms with Gasteiger partial charge < -0.3 is 4.52 Å². The van der Waals surface area contributed by atoms with Crippen LogP contribution in [-0.4, -0.2) is 47.4 Å². The molecule has 0 aliphatic carbocycles. The van der Waals surface area contributed by atoms with Gasteiger partial charge in [0.1, 0.15) is 18.3 Å². The number of aromatic nitrogens is 6.